The molecule has 0 atom stereocenters. The molecule has 1 saturated heterocycles. The molecule has 2 aromatic rings. The number of piperazine rings is 1. The Kier molecular flexibility index (Phi) is 5.49. The summed E-state index contributed by atoms with van der Waals surface area (Å²) in [5, 5.41) is 2.89. The van der Waals surface area contributed by atoms with Crippen LogP contribution in [0.15, 0.2) is 60.7 Å². The number of carbonyl (C=O) groups is 1. The minimum Gasteiger partial charge on any atom is -0.338 e. The minimum absolute atomic E-state index is 0.0492. The van der Waals surface area contributed by atoms with Gasteiger partial charge in [-0.05, 0) is 18.1 Å². The van der Waals surface area contributed by atoms with Gasteiger partial charge in [0.1, 0.15) is 0 Å². The molecule has 24 heavy (non-hydrogen) atoms. The average molecular weight is 323 g/mol. The number of amides is 2. The van der Waals surface area contributed by atoms with E-state index in [1.807, 2.05) is 11.8 Å². The van der Waals surface area contributed by atoms with Crippen molar-refractivity contribution < 1.29 is 4.79 Å². The van der Waals surface area contributed by atoms with Crippen LogP contribution in [0.5, 0.6) is 0 Å². The Morgan fingerprint density at radius 2 is 1.42 bits per heavy atom. The molecule has 3 rings (SSSR count). The Morgan fingerprint density at radius 1 is 0.917 bits per heavy atom. The molecule has 0 radical (unpaired) electrons. The first-order chi connectivity index (χ1) is 11.8. The van der Waals surface area contributed by atoms with Crippen LogP contribution in [0.25, 0.3) is 0 Å². The van der Waals surface area contributed by atoms with Crippen molar-refractivity contribution in [1.29, 1.82) is 0 Å². The highest BCUT2D eigenvalue weighted by Crippen LogP contribution is 2.29. The van der Waals surface area contributed by atoms with Gasteiger partial charge in [-0.25, -0.2) is 4.79 Å². The van der Waals surface area contributed by atoms with E-state index in [1.54, 1.807) is 0 Å². The summed E-state index contributed by atoms with van der Waals surface area (Å²) in [5.74, 6) is 0. The van der Waals surface area contributed by atoms with Gasteiger partial charge in [-0.3, -0.25) is 4.90 Å². The molecule has 0 spiro atoms. The largest absolute Gasteiger partial charge is 0.338 e. The van der Waals surface area contributed by atoms with Crippen molar-refractivity contribution in [3.05, 3.63) is 71.8 Å². The summed E-state index contributed by atoms with van der Waals surface area (Å²) in [5.41, 5.74) is 2.60. The molecule has 1 fully saturated rings. The predicted molar refractivity (Wildman–Crippen MR) is 96.9 cm³/mol. The van der Waals surface area contributed by atoms with Crippen LogP contribution < -0.4 is 5.32 Å². The second-order valence-electron chi connectivity index (χ2n) is 6.08. The standard InChI is InChI=1S/C20H25N3O/c1-2-21-20(24)23-15-13-22(14-16-23)19(17-9-5-3-6-10-17)18-11-7-4-8-12-18/h3-12,19H,2,13-16H2,1H3,(H,21,24). The normalized spacial score (nSPS) is 15.5. The van der Waals surface area contributed by atoms with E-state index in [2.05, 4.69) is 70.9 Å². The minimum atomic E-state index is 0.0492. The van der Waals surface area contributed by atoms with Crippen LogP contribution in [0.4, 0.5) is 4.79 Å². The molecule has 4 nitrogen and oxygen atoms in total. The summed E-state index contributed by atoms with van der Waals surface area (Å²) < 4.78 is 0. The van der Waals surface area contributed by atoms with Crippen LogP contribution in [0.3, 0.4) is 0 Å². The maximum Gasteiger partial charge on any atom is 0.317 e. The fourth-order valence-electron chi connectivity index (χ4n) is 3.33. The molecule has 1 N–H and O–H groups in total. The molecule has 1 aliphatic rings. The van der Waals surface area contributed by atoms with E-state index in [-0.39, 0.29) is 12.1 Å². The lowest BCUT2D eigenvalue weighted by Crippen LogP contribution is -2.52. The zero-order valence-corrected chi connectivity index (χ0v) is 14.2. The Morgan fingerprint density at radius 3 is 1.88 bits per heavy atom. The van der Waals surface area contributed by atoms with Crippen LogP contribution in [0.1, 0.15) is 24.1 Å². The third kappa shape index (κ3) is 3.77. The van der Waals surface area contributed by atoms with Gasteiger partial charge in [-0.15, -0.1) is 0 Å². The van der Waals surface area contributed by atoms with E-state index >= 15 is 0 Å². The van der Waals surface area contributed by atoms with E-state index in [1.165, 1.54) is 11.1 Å². The second kappa shape index (κ2) is 7.97. The van der Waals surface area contributed by atoms with Crippen LogP contribution in [0.2, 0.25) is 0 Å². The van der Waals surface area contributed by atoms with Crippen molar-refractivity contribution in [2.24, 2.45) is 0 Å². The molecule has 0 aliphatic carbocycles. The van der Waals surface area contributed by atoms with Gasteiger partial charge in [0.2, 0.25) is 0 Å². The number of urea groups is 1. The van der Waals surface area contributed by atoms with Crippen molar-refractivity contribution >= 4 is 6.03 Å². The zero-order valence-electron chi connectivity index (χ0n) is 14.2. The summed E-state index contributed by atoms with van der Waals surface area (Å²) in [6, 6.07) is 21.5. The number of nitrogens with zero attached hydrogens (tertiary/aromatic N) is 2. The number of carbonyl (C=O) groups excluding carboxylic acids is 1. The van der Waals surface area contributed by atoms with Gasteiger partial charge < -0.3 is 10.2 Å². The van der Waals surface area contributed by atoms with E-state index < -0.39 is 0 Å². The Hall–Kier alpha value is -2.33. The van der Waals surface area contributed by atoms with Crippen LogP contribution in [0, 0.1) is 0 Å². The Balaban J connectivity index is 1.77. The first-order valence-corrected chi connectivity index (χ1v) is 8.66. The van der Waals surface area contributed by atoms with Crippen molar-refractivity contribution in [2.75, 3.05) is 32.7 Å². The molecule has 0 saturated carbocycles. The van der Waals surface area contributed by atoms with Gasteiger partial charge in [-0.1, -0.05) is 60.7 Å². The summed E-state index contributed by atoms with van der Waals surface area (Å²) in [6.07, 6.45) is 0. The molecule has 0 unspecified atom stereocenters. The molecule has 1 aliphatic heterocycles. The maximum absolute atomic E-state index is 12.0. The van der Waals surface area contributed by atoms with Gasteiger partial charge >= 0.3 is 6.03 Å². The summed E-state index contributed by atoms with van der Waals surface area (Å²) in [7, 11) is 0. The summed E-state index contributed by atoms with van der Waals surface area (Å²) >= 11 is 0. The lowest BCUT2D eigenvalue weighted by atomic mass is 9.96. The average Bonchev–Trinajstić information content (AvgIpc) is 2.64. The zero-order chi connectivity index (χ0) is 16.8. The van der Waals surface area contributed by atoms with Gasteiger partial charge in [0, 0.05) is 32.7 Å². The van der Waals surface area contributed by atoms with Gasteiger partial charge in [0.25, 0.3) is 0 Å². The monoisotopic (exact) mass is 323 g/mol. The number of hydrogen-bond donors (Lipinski definition) is 1. The highest BCUT2D eigenvalue weighted by molar-refractivity contribution is 5.74. The van der Waals surface area contributed by atoms with Crippen molar-refractivity contribution in [1.82, 2.24) is 15.1 Å². The first kappa shape index (κ1) is 16.5. The highest BCUT2D eigenvalue weighted by Gasteiger charge is 2.27. The quantitative estimate of drug-likeness (QED) is 0.938. The molecule has 2 aromatic carbocycles. The predicted octanol–water partition coefficient (Wildman–Crippen LogP) is 3.12. The molecule has 1 heterocycles. The summed E-state index contributed by atoms with van der Waals surface area (Å²) in [4.78, 5) is 16.4. The third-order valence-corrected chi connectivity index (χ3v) is 4.53. The number of hydrogen-bond acceptors (Lipinski definition) is 2. The summed E-state index contributed by atoms with van der Waals surface area (Å²) in [6.45, 7) is 5.92. The van der Waals surface area contributed by atoms with E-state index in [4.69, 9.17) is 0 Å². The van der Waals surface area contributed by atoms with Crippen LogP contribution in [-0.2, 0) is 0 Å². The number of nitrogens with one attached hydrogen (secondary N) is 1. The van der Waals surface area contributed by atoms with Crippen molar-refractivity contribution in [2.45, 2.75) is 13.0 Å². The molecule has 0 bridgehead atoms. The lowest BCUT2D eigenvalue weighted by molar-refractivity contribution is 0.120. The molecule has 126 valence electrons. The van der Waals surface area contributed by atoms with E-state index in [0.29, 0.717) is 6.54 Å². The SMILES string of the molecule is CCNC(=O)N1CCN(C(c2ccccc2)c2ccccc2)CC1. The van der Waals surface area contributed by atoms with Gasteiger partial charge in [0.15, 0.2) is 0 Å². The first-order valence-electron chi connectivity index (χ1n) is 8.66. The number of rotatable bonds is 4. The molecular formula is C20H25N3O. The highest BCUT2D eigenvalue weighted by atomic mass is 16.2. The molecule has 2 amide bonds. The van der Waals surface area contributed by atoms with E-state index in [9.17, 15) is 4.79 Å². The van der Waals surface area contributed by atoms with Crippen LogP contribution in [-0.4, -0.2) is 48.6 Å². The Bertz CT molecular complexity index is 597. The smallest absolute Gasteiger partial charge is 0.317 e. The van der Waals surface area contributed by atoms with Crippen molar-refractivity contribution in [3.63, 3.8) is 0 Å². The molecule has 0 aromatic heterocycles. The topological polar surface area (TPSA) is 35.6 Å². The fourth-order valence-corrected chi connectivity index (χ4v) is 3.33. The van der Waals surface area contributed by atoms with E-state index in [0.717, 1.165) is 26.2 Å². The van der Waals surface area contributed by atoms with Gasteiger partial charge in [0.05, 0.1) is 6.04 Å². The molecular weight excluding hydrogens is 298 g/mol. The number of benzene rings is 2. The van der Waals surface area contributed by atoms with Crippen LogP contribution >= 0.6 is 0 Å². The Labute approximate surface area is 144 Å². The second-order valence-corrected chi connectivity index (χ2v) is 6.08. The van der Waals surface area contributed by atoms with Crippen molar-refractivity contribution in [3.8, 4) is 0 Å². The maximum atomic E-state index is 12.0. The third-order valence-electron chi connectivity index (χ3n) is 4.53. The molecule has 4 heteroatoms. The lowest BCUT2D eigenvalue weighted by Gasteiger charge is -2.39. The van der Waals surface area contributed by atoms with Gasteiger partial charge in [-0.2, -0.15) is 0 Å². The fraction of sp³-hybridized carbons (Fsp3) is 0.350.